The quantitative estimate of drug-likeness (QED) is 0.709. The normalized spacial score (nSPS) is 15.0. The van der Waals surface area contributed by atoms with Crippen LogP contribution < -0.4 is 4.90 Å². The van der Waals surface area contributed by atoms with Crippen molar-refractivity contribution < 1.29 is 4.79 Å². The number of amides is 1. The number of carbonyl (C=O) groups is 1. The molecule has 1 aliphatic rings. The highest BCUT2D eigenvalue weighted by Crippen LogP contribution is 2.22. The Kier molecular flexibility index (Phi) is 4.05. The van der Waals surface area contributed by atoms with Gasteiger partial charge in [-0.3, -0.25) is 9.48 Å². The molecule has 1 aromatic carbocycles. The topological polar surface area (TPSA) is 54.3 Å². The van der Waals surface area contributed by atoms with Crippen molar-refractivity contribution in [1.82, 2.24) is 19.7 Å². The molecule has 6 nitrogen and oxygen atoms in total. The molecule has 0 unspecified atom stereocenters. The van der Waals surface area contributed by atoms with Crippen LogP contribution in [0.1, 0.15) is 10.5 Å². The van der Waals surface area contributed by atoms with E-state index in [0.717, 1.165) is 29.8 Å². The van der Waals surface area contributed by atoms with Crippen LogP contribution >= 0.6 is 11.6 Å². The van der Waals surface area contributed by atoms with Gasteiger partial charge in [0.15, 0.2) is 0 Å². The van der Waals surface area contributed by atoms with Crippen molar-refractivity contribution in [3.63, 3.8) is 0 Å². The average Bonchev–Trinajstić information content (AvgIpc) is 3.07. The van der Waals surface area contributed by atoms with Crippen LogP contribution in [0, 0.1) is 0 Å². The molecule has 1 fully saturated rings. The molecule has 0 saturated carbocycles. The minimum absolute atomic E-state index is 0.0285. The van der Waals surface area contributed by atoms with Gasteiger partial charge in [0, 0.05) is 49.8 Å². The number of hydrogen-bond acceptors (Lipinski definition) is 4. The zero-order chi connectivity index (χ0) is 17.4. The maximum atomic E-state index is 12.6. The van der Waals surface area contributed by atoms with Crippen LogP contribution in [0.2, 0.25) is 5.02 Å². The molecule has 1 saturated heterocycles. The van der Waals surface area contributed by atoms with E-state index in [-0.39, 0.29) is 5.91 Å². The van der Waals surface area contributed by atoms with E-state index < -0.39 is 0 Å². The number of anilines is 1. The molecule has 0 atom stereocenters. The summed E-state index contributed by atoms with van der Waals surface area (Å²) in [5.74, 6) is 0.961. The Morgan fingerprint density at radius 2 is 1.88 bits per heavy atom. The van der Waals surface area contributed by atoms with Crippen LogP contribution in [0.5, 0.6) is 0 Å². The molecule has 0 bridgehead atoms. The second-order valence-corrected chi connectivity index (χ2v) is 6.56. The fraction of sp³-hybridized carbons (Fsp3) is 0.278. The summed E-state index contributed by atoms with van der Waals surface area (Å²) < 4.78 is 1.62. The van der Waals surface area contributed by atoms with Crippen LogP contribution in [0.4, 0.5) is 5.82 Å². The standard InChI is InChI=1S/C18H18ClN5O/c1-22-16(6-7-20-22)18(25)24-10-8-23(9-11-24)17-5-2-13-12-14(19)3-4-15(13)21-17/h2-7,12H,8-11H2,1H3. The summed E-state index contributed by atoms with van der Waals surface area (Å²) in [7, 11) is 1.79. The third kappa shape index (κ3) is 3.05. The Bertz CT molecular complexity index is 930. The lowest BCUT2D eigenvalue weighted by Crippen LogP contribution is -2.49. The zero-order valence-electron chi connectivity index (χ0n) is 13.9. The monoisotopic (exact) mass is 355 g/mol. The van der Waals surface area contributed by atoms with Gasteiger partial charge in [-0.1, -0.05) is 11.6 Å². The van der Waals surface area contributed by atoms with Crippen LogP contribution in [0.25, 0.3) is 10.9 Å². The lowest BCUT2D eigenvalue weighted by molar-refractivity contribution is 0.0735. The molecule has 25 heavy (non-hydrogen) atoms. The fourth-order valence-corrected chi connectivity index (χ4v) is 3.33. The number of nitrogens with zero attached hydrogens (tertiary/aromatic N) is 5. The highest BCUT2D eigenvalue weighted by atomic mass is 35.5. The van der Waals surface area contributed by atoms with Crippen molar-refractivity contribution in [3.8, 4) is 0 Å². The SMILES string of the molecule is Cn1nccc1C(=O)N1CCN(c2ccc3cc(Cl)ccc3n2)CC1. The minimum Gasteiger partial charge on any atom is -0.353 e. The Labute approximate surface area is 150 Å². The molecule has 0 N–H and O–H groups in total. The maximum Gasteiger partial charge on any atom is 0.272 e. The highest BCUT2D eigenvalue weighted by molar-refractivity contribution is 6.31. The van der Waals surface area contributed by atoms with Crippen LogP contribution in [-0.2, 0) is 7.05 Å². The Balaban J connectivity index is 1.47. The first kappa shape index (κ1) is 15.9. The van der Waals surface area contributed by atoms with Crippen molar-refractivity contribution in [3.05, 3.63) is 53.3 Å². The van der Waals surface area contributed by atoms with Gasteiger partial charge in [0.2, 0.25) is 0 Å². The van der Waals surface area contributed by atoms with Gasteiger partial charge in [-0.15, -0.1) is 0 Å². The van der Waals surface area contributed by atoms with Crippen molar-refractivity contribution in [2.24, 2.45) is 7.05 Å². The van der Waals surface area contributed by atoms with Gasteiger partial charge in [0.25, 0.3) is 5.91 Å². The highest BCUT2D eigenvalue weighted by Gasteiger charge is 2.24. The number of carbonyl (C=O) groups excluding carboxylic acids is 1. The molecule has 0 aliphatic carbocycles. The molecule has 128 valence electrons. The number of pyridine rings is 1. The minimum atomic E-state index is 0.0285. The first-order valence-corrected chi connectivity index (χ1v) is 8.58. The van der Waals surface area contributed by atoms with Gasteiger partial charge in [-0.25, -0.2) is 4.98 Å². The average molecular weight is 356 g/mol. The van der Waals surface area contributed by atoms with E-state index in [9.17, 15) is 4.79 Å². The van der Waals surface area contributed by atoms with Gasteiger partial charge in [0.1, 0.15) is 11.5 Å². The summed E-state index contributed by atoms with van der Waals surface area (Å²) in [6.07, 6.45) is 1.65. The van der Waals surface area contributed by atoms with Crippen molar-refractivity contribution in [2.45, 2.75) is 0 Å². The first-order chi connectivity index (χ1) is 12.1. The zero-order valence-corrected chi connectivity index (χ0v) is 14.6. The number of fused-ring (bicyclic) bond motifs is 1. The molecular formula is C18H18ClN5O. The Morgan fingerprint density at radius 1 is 1.08 bits per heavy atom. The number of hydrogen-bond donors (Lipinski definition) is 0. The first-order valence-electron chi connectivity index (χ1n) is 8.20. The Hall–Kier alpha value is -2.60. The number of benzene rings is 1. The van der Waals surface area contributed by atoms with E-state index >= 15 is 0 Å². The predicted molar refractivity (Wildman–Crippen MR) is 98.1 cm³/mol. The van der Waals surface area contributed by atoms with E-state index in [2.05, 4.69) is 10.00 Å². The van der Waals surface area contributed by atoms with E-state index in [0.29, 0.717) is 23.8 Å². The van der Waals surface area contributed by atoms with Gasteiger partial charge < -0.3 is 9.80 Å². The predicted octanol–water partition coefficient (Wildman–Crippen LogP) is 2.58. The van der Waals surface area contributed by atoms with Crippen molar-refractivity contribution in [1.29, 1.82) is 0 Å². The molecule has 1 aliphatic heterocycles. The second-order valence-electron chi connectivity index (χ2n) is 6.13. The summed E-state index contributed by atoms with van der Waals surface area (Å²) in [5, 5.41) is 5.81. The maximum absolute atomic E-state index is 12.6. The number of aryl methyl sites for hydroxylation is 1. The van der Waals surface area contributed by atoms with Gasteiger partial charge in [0.05, 0.1) is 5.52 Å². The van der Waals surface area contributed by atoms with Crippen molar-refractivity contribution in [2.75, 3.05) is 31.1 Å². The molecule has 3 aromatic rings. The lowest BCUT2D eigenvalue weighted by Gasteiger charge is -2.35. The molecule has 4 rings (SSSR count). The summed E-state index contributed by atoms with van der Waals surface area (Å²) in [6.45, 7) is 2.86. The molecule has 2 aromatic heterocycles. The fourth-order valence-electron chi connectivity index (χ4n) is 3.15. The second kappa shape index (κ2) is 6.37. The number of aromatic nitrogens is 3. The van der Waals surface area contributed by atoms with Gasteiger partial charge >= 0.3 is 0 Å². The van der Waals surface area contributed by atoms with Crippen LogP contribution in [0.3, 0.4) is 0 Å². The lowest BCUT2D eigenvalue weighted by atomic mass is 10.2. The summed E-state index contributed by atoms with van der Waals surface area (Å²) in [6, 6.07) is 11.5. The van der Waals surface area contributed by atoms with Gasteiger partial charge in [-0.2, -0.15) is 5.10 Å². The third-order valence-corrected chi connectivity index (χ3v) is 4.80. The number of halogens is 1. The van der Waals surface area contributed by atoms with E-state index in [1.807, 2.05) is 35.2 Å². The largest absolute Gasteiger partial charge is 0.353 e. The molecule has 0 radical (unpaired) electrons. The smallest absolute Gasteiger partial charge is 0.272 e. The summed E-state index contributed by atoms with van der Waals surface area (Å²) >= 11 is 6.02. The summed E-state index contributed by atoms with van der Waals surface area (Å²) in [4.78, 5) is 21.4. The van der Waals surface area contributed by atoms with E-state index in [4.69, 9.17) is 16.6 Å². The van der Waals surface area contributed by atoms with Crippen LogP contribution in [-0.4, -0.2) is 51.8 Å². The summed E-state index contributed by atoms with van der Waals surface area (Å²) in [5.41, 5.74) is 1.55. The number of rotatable bonds is 2. The number of piperazine rings is 1. The molecule has 1 amide bonds. The van der Waals surface area contributed by atoms with Gasteiger partial charge in [-0.05, 0) is 36.4 Å². The van der Waals surface area contributed by atoms with Crippen molar-refractivity contribution >= 4 is 34.2 Å². The molecule has 0 spiro atoms. The third-order valence-electron chi connectivity index (χ3n) is 4.57. The molecular weight excluding hydrogens is 338 g/mol. The molecule has 3 heterocycles. The van der Waals surface area contributed by atoms with E-state index in [1.165, 1.54) is 0 Å². The van der Waals surface area contributed by atoms with E-state index in [1.54, 1.807) is 24.0 Å². The van der Waals surface area contributed by atoms with Crippen LogP contribution in [0.15, 0.2) is 42.6 Å². The Morgan fingerprint density at radius 3 is 2.60 bits per heavy atom. The molecule has 7 heteroatoms.